The molecule has 0 saturated carbocycles. The molecule has 13 heavy (non-hydrogen) atoms. The average Bonchev–Trinajstić information content (AvgIpc) is 2.03. The summed E-state index contributed by atoms with van der Waals surface area (Å²) in [6.45, 7) is 7.83. The van der Waals surface area contributed by atoms with Crippen molar-refractivity contribution in [1.82, 2.24) is 4.90 Å². The van der Waals surface area contributed by atoms with Crippen LogP contribution in [0.25, 0.3) is 0 Å². The molecule has 2 heteroatoms. The first-order valence-electron chi connectivity index (χ1n) is 4.85. The molecule has 1 heterocycles. The van der Waals surface area contributed by atoms with Crippen LogP contribution in [0.2, 0.25) is 0 Å². The number of rotatable bonds is 0. The monoisotopic (exact) mass is 179 g/mol. The number of amides is 1. The van der Waals surface area contributed by atoms with Gasteiger partial charge in [-0.2, -0.15) is 0 Å². The van der Waals surface area contributed by atoms with Crippen molar-refractivity contribution in [3.8, 4) is 11.8 Å². The van der Waals surface area contributed by atoms with E-state index in [2.05, 4.69) is 25.7 Å². The number of carbonyl (C=O) groups is 1. The zero-order valence-corrected chi connectivity index (χ0v) is 8.63. The van der Waals surface area contributed by atoms with Crippen LogP contribution in [0.4, 0.5) is 0 Å². The minimum absolute atomic E-state index is 0.0131. The predicted molar refractivity (Wildman–Crippen MR) is 53.0 cm³/mol. The highest BCUT2D eigenvalue weighted by molar-refractivity contribution is 5.93. The lowest BCUT2D eigenvalue weighted by molar-refractivity contribution is -0.127. The Balaban J connectivity index is 2.58. The average molecular weight is 179 g/mol. The SMILES string of the molecule is CC#CC(=O)N1CC(C)CC(C)C1. The van der Waals surface area contributed by atoms with Gasteiger partial charge in [-0.05, 0) is 31.1 Å². The van der Waals surface area contributed by atoms with Crippen molar-refractivity contribution in [3.05, 3.63) is 0 Å². The lowest BCUT2D eigenvalue weighted by atomic mass is 9.92. The van der Waals surface area contributed by atoms with E-state index in [1.54, 1.807) is 6.92 Å². The van der Waals surface area contributed by atoms with E-state index < -0.39 is 0 Å². The molecular formula is C11H17NO. The summed E-state index contributed by atoms with van der Waals surface area (Å²) in [4.78, 5) is 13.3. The Morgan fingerprint density at radius 2 is 1.85 bits per heavy atom. The van der Waals surface area contributed by atoms with Crippen LogP contribution >= 0.6 is 0 Å². The third kappa shape index (κ3) is 2.77. The van der Waals surface area contributed by atoms with Crippen molar-refractivity contribution in [1.29, 1.82) is 0 Å². The quantitative estimate of drug-likeness (QED) is 0.516. The molecule has 0 aromatic heterocycles. The predicted octanol–water partition coefficient (Wildman–Crippen LogP) is 1.51. The summed E-state index contributed by atoms with van der Waals surface area (Å²) in [6, 6.07) is 0. The fourth-order valence-corrected chi connectivity index (χ4v) is 2.01. The minimum Gasteiger partial charge on any atom is -0.331 e. The topological polar surface area (TPSA) is 20.3 Å². The highest BCUT2D eigenvalue weighted by Gasteiger charge is 2.24. The van der Waals surface area contributed by atoms with Crippen molar-refractivity contribution in [2.45, 2.75) is 27.2 Å². The van der Waals surface area contributed by atoms with Crippen LogP contribution < -0.4 is 0 Å². The Labute approximate surface area is 80.3 Å². The third-order valence-corrected chi connectivity index (χ3v) is 2.39. The molecule has 0 radical (unpaired) electrons. The van der Waals surface area contributed by atoms with Gasteiger partial charge < -0.3 is 4.90 Å². The van der Waals surface area contributed by atoms with Gasteiger partial charge in [0.15, 0.2) is 0 Å². The van der Waals surface area contributed by atoms with Gasteiger partial charge >= 0.3 is 0 Å². The van der Waals surface area contributed by atoms with Gasteiger partial charge in [-0.25, -0.2) is 0 Å². The zero-order chi connectivity index (χ0) is 9.84. The van der Waals surface area contributed by atoms with Gasteiger partial charge in [-0.1, -0.05) is 19.8 Å². The number of hydrogen-bond acceptors (Lipinski definition) is 1. The van der Waals surface area contributed by atoms with Crippen molar-refractivity contribution < 1.29 is 4.79 Å². The molecule has 1 aliphatic rings. The maximum Gasteiger partial charge on any atom is 0.298 e. The summed E-state index contributed by atoms with van der Waals surface area (Å²) in [6.07, 6.45) is 1.23. The number of likely N-dealkylation sites (tertiary alicyclic amines) is 1. The summed E-state index contributed by atoms with van der Waals surface area (Å²) in [5.74, 6) is 6.47. The Morgan fingerprint density at radius 1 is 1.31 bits per heavy atom. The molecule has 1 rings (SSSR count). The molecule has 0 aromatic carbocycles. The zero-order valence-electron chi connectivity index (χ0n) is 8.63. The van der Waals surface area contributed by atoms with Crippen molar-refractivity contribution >= 4 is 5.91 Å². The largest absolute Gasteiger partial charge is 0.331 e. The van der Waals surface area contributed by atoms with Crippen molar-refractivity contribution in [3.63, 3.8) is 0 Å². The smallest absolute Gasteiger partial charge is 0.298 e. The molecule has 2 nitrogen and oxygen atoms in total. The standard InChI is InChI=1S/C11H17NO/c1-4-5-11(13)12-7-9(2)6-10(3)8-12/h9-10H,6-8H2,1-3H3. The fraction of sp³-hybridized carbons (Fsp3) is 0.727. The fourth-order valence-electron chi connectivity index (χ4n) is 2.01. The summed E-state index contributed by atoms with van der Waals surface area (Å²) >= 11 is 0. The third-order valence-electron chi connectivity index (χ3n) is 2.39. The van der Waals surface area contributed by atoms with Gasteiger partial charge in [0.1, 0.15) is 0 Å². The molecule has 2 atom stereocenters. The van der Waals surface area contributed by atoms with E-state index in [1.807, 2.05) is 4.90 Å². The molecule has 1 saturated heterocycles. The van der Waals surface area contributed by atoms with Crippen LogP contribution in [0.5, 0.6) is 0 Å². The number of hydrogen-bond donors (Lipinski definition) is 0. The highest BCUT2D eigenvalue weighted by atomic mass is 16.2. The van der Waals surface area contributed by atoms with E-state index in [4.69, 9.17) is 0 Å². The van der Waals surface area contributed by atoms with Gasteiger partial charge in [-0.15, -0.1) is 0 Å². The number of nitrogens with zero attached hydrogens (tertiary/aromatic N) is 1. The van der Waals surface area contributed by atoms with Gasteiger partial charge in [-0.3, -0.25) is 4.79 Å². The molecule has 2 unspecified atom stereocenters. The van der Waals surface area contributed by atoms with Crippen molar-refractivity contribution in [2.75, 3.05) is 13.1 Å². The maximum absolute atomic E-state index is 11.4. The Bertz CT molecular complexity index is 239. The second kappa shape index (κ2) is 4.32. The molecule has 0 aliphatic carbocycles. The molecule has 72 valence electrons. The lowest BCUT2D eigenvalue weighted by Crippen LogP contribution is -2.42. The second-order valence-corrected chi connectivity index (χ2v) is 4.03. The van der Waals surface area contributed by atoms with E-state index in [0.29, 0.717) is 11.8 Å². The Morgan fingerprint density at radius 3 is 2.31 bits per heavy atom. The highest BCUT2D eigenvalue weighted by Crippen LogP contribution is 2.20. The van der Waals surface area contributed by atoms with E-state index in [1.165, 1.54) is 6.42 Å². The molecule has 0 aromatic rings. The first kappa shape index (κ1) is 10.1. The van der Waals surface area contributed by atoms with Crippen LogP contribution in [0.1, 0.15) is 27.2 Å². The second-order valence-electron chi connectivity index (χ2n) is 4.03. The van der Waals surface area contributed by atoms with Crippen LogP contribution in [-0.2, 0) is 4.79 Å². The van der Waals surface area contributed by atoms with E-state index in [-0.39, 0.29) is 5.91 Å². The molecule has 1 fully saturated rings. The normalized spacial score (nSPS) is 27.8. The van der Waals surface area contributed by atoms with Crippen LogP contribution in [-0.4, -0.2) is 23.9 Å². The van der Waals surface area contributed by atoms with Crippen molar-refractivity contribution in [2.24, 2.45) is 11.8 Å². The summed E-state index contributed by atoms with van der Waals surface area (Å²) in [5.41, 5.74) is 0. The molecule has 0 spiro atoms. The molecule has 0 bridgehead atoms. The number of piperidine rings is 1. The van der Waals surface area contributed by atoms with Crippen LogP contribution in [0, 0.1) is 23.7 Å². The first-order valence-corrected chi connectivity index (χ1v) is 4.85. The van der Waals surface area contributed by atoms with E-state index in [9.17, 15) is 4.79 Å². The van der Waals surface area contributed by atoms with E-state index in [0.717, 1.165) is 13.1 Å². The van der Waals surface area contributed by atoms with Gasteiger partial charge in [0.25, 0.3) is 5.91 Å². The molecule has 1 aliphatic heterocycles. The van der Waals surface area contributed by atoms with Gasteiger partial charge in [0.2, 0.25) is 0 Å². The lowest BCUT2D eigenvalue weighted by Gasteiger charge is -2.33. The van der Waals surface area contributed by atoms with Crippen LogP contribution in [0.15, 0.2) is 0 Å². The molecule has 0 N–H and O–H groups in total. The van der Waals surface area contributed by atoms with Gasteiger partial charge in [0, 0.05) is 13.1 Å². The minimum atomic E-state index is -0.0131. The summed E-state index contributed by atoms with van der Waals surface area (Å²) in [5, 5.41) is 0. The Hall–Kier alpha value is -0.970. The van der Waals surface area contributed by atoms with Gasteiger partial charge in [0.05, 0.1) is 0 Å². The Kier molecular flexibility index (Phi) is 3.36. The van der Waals surface area contributed by atoms with E-state index >= 15 is 0 Å². The molecule has 1 amide bonds. The first-order chi connectivity index (χ1) is 6.13. The molecular weight excluding hydrogens is 162 g/mol. The number of carbonyl (C=O) groups excluding carboxylic acids is 1. The summed E-state index contributed by atoms with van der Waals surface area (Å²) in [7, 11) is 0. The van der Waals surface area contributed by atoms with Crippen LogP contribution in [0.3, 0.4) is 0 Å². The maximum atomic E-state index is 11.4. The summed E-state index contributed by atoms with van der Waals surface area (Å²) < 4.78 is 0.